The second-order valence-corrected chi connectivity index (χ2v) is 20.4. The molecule has 6 rings (SSSR count). The second-order valence-electron chi connectivity index (χ2n) is 20.4. The van der Waals surface area contributed by atoms with Crippen LogP contribution in [0.2, 0.25) is 0 Å². The number of carboxylic acids is 1. The molecule has 0 saturated heterocycles. The molecule has 6 atom stereocenters. The Balaban J connectivity index is 1.19. The topological polar surface area (TPSA) is 206 Å². The number of amides is 3. The molecule has 0 fully saturated rings. The SMILES string of the molecule is CC(C)=CCC/C(C)=C/CC[C@@]1(C)Oc2c(c(O)cc3c2CN(CCC[C@@H](C(=O)N[C@H](CF)C(=O)O)N2Cc4c(cc(O)c5c4O[C@](C)(CC/C=C(\C)CCC=C(C)C)[C@@H](O)C5)C2=O)C3=O)C[C@@H]1O. The fourth-order valence-corrected chi connectivity index (χ4v) is 9.85. The molecule has 376 valence electrons. The zero-order chi connectivity index (χ0) is 50.5. The molecular formula is C54H72FN3O11. The maximum Gasteiger partial charge on any atom is 0.328 e. The number of nitrogens with zero attached hydrogens (tertiary/aromatic N) is 2. The zero-order valence-corrected chi connectivity index (χ0v) is 41.5. The number of aromatic hydroxyl groups is 2. The van der Waals surface area contributed by atoms with Gasteiger partial charge in [-0.1, -0.05) is 46.6 Å². The predicted molar refractivity (Wildman–Crippen MR) is 260 cm³/mol. The van der Waals surface area contributed by atoms with Gasteiger partial charge >= 0.3 is 5.97 Å². The Morgan fingerprint density at radius 3 is 1.70 bits per heavy atom. The summed E-state index contributed by atoms with van der Waals surface area (Å²) in [6, 6.07) is -0.529. The van der Waals surface area contributed by atoms with Crippen LogP contribution >= 0.6 is 0 Å². The Morgan fingerprint density at radius 2 is 1.23 bits per heavy atom. The Morgan fingerprint density at radius 1 is 0.754 bits per heavy atom. The number of benzene rings is 2. The quantitative estimate of drug-likeness (QED) is 0.0655. The van der Waals surface area contributed by atoms with Crippen molar-refractivity contribution in [1.29, 1.82) is 0 Å². The van der Waals surface area contributed by atoms with Gasteiger partial charge in [0.25, 0.3) is 11.8 Å². The van der Waals surface area contributed by atoms with Gasteiger partial charge in [0.2, 0.25) is 5.91 Å². The summed E-state index contributed by atoms with van der Waals surface area (Å²) in [5, 5.41) is 56.8. The summed E-state index contributed by atoms with van der Waals surface area (Å²) in [6.45, 7) is 14.7. The van der Waals surface area contributed by atoms with Gasteiger partial charge in [0.15, 0.2) is 6.04 Å². The van der Waals surface area contributed by atoms with Crippen molar-refractivity contribution in [3.63, 3.8) is 0 Å². The molecule has 15 heteroatoms. The van der Waals surface area contributed by atoms with Crippen molar-refractivity contribution in [2.24, 2.45) is 0 Å². The number of allylic oxidation sites excluding steroid dienone is 8. The van der Waals surface area contributed by atoms with Gasteiger partial charge in [-0.3, -0.25) is 14.4 Å². The number of hydrogen-bond acceptors (Lipinski definition) is 10. The van der Waals surface area contributed by atoms with Crippen molar-refractivity contribution in [3.05, 3.63) is 92.1 Å². The number of aliphatic hydroxyl groups is 2. The molecule has 0 spiro atoms. The Labute approximate surface area is 405 Å². The number of fused-ring (bicyclic) bond motifs is 6. The number of halogens is 1. The lowest BCUT2D eigenvalue weighted by Crippen LogP contribution is -2.52. The average Bonchev–Trinajstić information content (AvgIpc) is 3.76. The highest BCUT2D eigenvalue weighted by atomic mass is 19.1. The summed E-state index contributed by atoms with van der Waals surface area (Å²) in [7, 11) is 0. The molecule has 4 heterocycles. The molecule has 69 heavy (non-hydrogen) atoms. The Hall–Kier alpha value is -5.67. The van der Waals surface area contributed by atoms with Gasteiger partial charge in [0, 0.05) is 41.6 Å². The van der Waals surface area contributed by atoms with Crippen molar-refractivity contribution >= 4 is 23.7 Å². The van der Waals surface area contributed by atoms with E-state index >= 15 is 0 Å². The fourth-order valence-electron chi connectivity index (χ4n) is 9.85. The van der Waals surface area contributed by atoms with Crippen LogP contribution in [-0.2, 0) is 35.5 Å². The molecule has 0 radical (unpaired) electrons. The minimum atomic E-state index is -1.88. The number of carbonyl (C=O) groups excluding carboxylic acids is 3. The van der Waals surface area contributed by atoms with Crippen molar-refractivity contribution < 1.29 is 58.6 Å². The van der Waals surface area contributed by atoms with E-state index < -0.39 is 60.0 Å². The van der Waals surface area contributed by atoms with Crippen LogP contribution in [0.4, 0.5) is 4.39 Å². The molecule has 4 aliphatic rings. The van der Waals surface area contributed by atoms with Gasteiger partial charge in [-0.2, -0.15) is 0 Å². The smallest absolute Gasteiger partial charge is 0.328 e. The number of phenolic OH excluding ortho intramolecular Hbond substituents is 2. The summed E-state index contributed by atoms with van der Waals surface area (Å²) < 4.78 is 27.0. The molecule has 3 amide bonds. The first-order valence-corrected chi connectivity index (χ1v) is 24.3. The maximum atomic E-state index is 14.3. The molecule has 2 aromatic carbocycles. The van der Waals surface area contributed by atoms with Crippen molar-refractivity contribution in [1.82, 2.24) is 15.1 Å². The molecule has 6 N–H and O–H groups in total. The summed E-state index contributed by atoms with van der Waals surface area (Å²) in [6.07, 6.45) is 12.9. The highest BCUT2D eigenvalue weighted by Crippen LogP contribution is 2.48. The highest BCUT2D eigenvalue weighted by Gasteiger charge is 2.47. The number of rotatable bonds is 21. The van der Waals surface area contributed by atoms with E-state index in [-0.39, 0.29) is 79.6 Å². The van der Waals surface area contributed by atoms with Gasteiger partial charge < -0.3 is 50.1 Å². The maximum absolute atomic E-state index is 14.3. The van der Waals surface area contributed by atoms with Crippen LogP contribution in [-0.4, -0.2) is 108 Å². The number of hydrogen-bond donors (Lipinski definition) is 6. The fraction of sp³-hybridized carbons (Fsp3) is 0.556. The monoisotopic (exact) mass is 958 g/mol. The molecule has 4 aliphatic heterocycles. The van der Waals surface area contributed by atoms with Gasteiger partial charge in [-0.05, 0) is 132 Å². The third-order valence-corrected chi connectivity index (χ3v) is 14.3. The number of carbonyl (C=O) groups is 4. The second kappa shape index (κ2) is 22.0. The lowest BCUT2D eigenvalue weighted by atomic mass is 9.84. The van der Waals surface area contributed by atoms with Gasteiger partial charge in [0.1, 0.15) is 46.9 Å². The van der Waals surface area contributed by atoms with E-state index in [4.69, 9.17) is 9.47 Å². The summed E-state index contributed by atoms with van der Waals surface area (Å²) in [5.74, 6) is -3.34. The van der Waals surface area contributed by atoms with E-state index in [0.29, 0.717) is 53.7 Å². The first-order chi connectivity index (χ1) is 32.6. The zero-order valence-electron chi connectivity index (χ0n) is 41.5. The lowest BCUT2D eigenvalue weighted by Gasteiger charge is -2.41. The number of carboxylic acid groups (broad SMARTS) is 1. The van der Waals surface area contributed by atoms with Crippen LogP contribution in [0.5, 0.6) is 23.0 Å². The summed E-state index contributed by atoms with van der Waals surface area (Å²) >= 11 is 0. The standard InChI is InChI=1S/C54H72FN3O11/c1-31(2)14-9-16-33(5)18-11-21-53(7)45(61)26-37-43(59)24-35-39(47(37)68-53)29-57(50(35)64)23-13-20-42(49(63)56-41(28-55)52(66)67)58-30-40-36(51(58)65)25-44(60)38-27-46(62)54(8,69-48(38)40)22-12-19-34(6)17-10-15-32(3)4/h14-15,18-19,24-25,41-42,45-46,59-62H,9-13,16-17,20-23,26-30H2,1-8H3,(H,56,63)(H,66,67)/b33-18+,34-19+/t41-,42+,45+,46+,53-,54-/m1/s1. The van der Waals surface area contributed by atoms with Crippen LogP contribution in [0.3, 0.4) is 0 Å². The third-order valence-electron chi connectivity index (χ3n) is 14.3. The normalized spacial score (nSPS) is 22.7. The summed E-state index contributed by atoms with van der Waals surface area (Å²) in [4.78, 5) is 56.9. The highest BCUT2D eigenvalue weighted by molar-refractivity contribution is 6.03. The van der Waals surface area contributed by atoms with Crippen molar-refractivity contribution in [2.75, 3.05) is 13.2 Å². The van der Waals surface area contributed by atoms with Crippen LogP contribution in [0, 0.1) is 0 Å². The number of phenols is 2. The van der Waals surface area contributed by atoms with Crippen molar-refractivity contribution in [2.45, 2.75) is 181 Å². The predicted octanol–water partition coefficient (Wildman–Crippen LogP) is 8.45. The number of aliphatic carboxylic acids is 1. The van der Waals surface area contributed by atoms with E-state index in [1.165, 1.54) is 39.3 Å². The molecule has 2 aromatic rings. The minimum Gasteiger partial charge on any atom is -0.508 e. The van der Waals surface area contributed by atoms with E-state index in [0.717, 1.165) is 25.7 Å². The molecule has 14 nitrogen and oxygen atoms in total. The van der Waals surface area contributed by atoms with E-state index in [1.54, 1.807) is 11.8 Å². The van der Waals surface area contributed by atoms with E-state index in [9.17, 15) is 49.1 Å². The molecule has 0 aromatic heterocycles. The third kappa shape index (κ3) is 11.9. The summed E-state index contributed by atoms with van der Waals surface area (Å²) in [5.41, 5.74) is 4.89. The number of ether oxygens (including phenoxy) is 2. The first kappa shape index (κ1) is 52.7. The van der Waals surface area contributed by atoms with Crippen LogP contribution < -0.4 is 14.8 Å². The van der Waals surface area contributed by atoms with Crippen LogP contribution in [0.15, 0.2) is 58.7 Å². The molecule has 0 bridgehead atoms. The molecule has 0 saturated carbocycles. The number of aliphatic hydroxyl groups excluding tert-OH is 2. The van der Waals surface area contributed by atoms with Gasteiger partial charge in [-0.25, -0.2) is 9.18 Å². The van der Waals surface area contributed by atoms with Gasteiger partial charge in [-0.15, -0.1) is 0 Å². The number of alkyl halides is 1. The molecule has 0 aliphatic carbocycles. The van der Waals surface area contributed by atoms with Crippen LogP contribution in [0.1, 0.15) is 163 Å². The Kier molecular flexibility index (Phi) is 16.8. The molecule has 0 unspecified atom stereocenters. The van der Waals surface area contributed by atoms with Crippen LogP contribution in [0.25, 0.3) is 0 Å². The largest absolute Gasteiger partial charge is 0.508 e. The Bertz CT molecular complexity index is 2430. The van der Waals surface area contributed by atoms with Crippen molar-refractivity contribution in [3.8, 4) is 23.0 Å². The van der Waals surface area contributed by atoms with Gasteiger partial charge in [0.05, 0.1) is 36.4 Å². The van der Waals surface area contributed by atoms with E-state index in [2.05, 4.69) is 71.2 Å². The molecular weight excluding hydrogens is 886 g/mol. The average molecular weight is 958 g/mol. The minimum absolute atomic E-state index is 0.0510. The number of nitrogens with one attached hydrogen (secondary N) is 1. The van der Waals surface area contributed by atoms with E-state index in [1.807, 2.05) is 6.92 Å². The first-order valence-electron chi connectivity index (χ1n) is 24.3. The lowest BCUT2D eigenvalue weighted by molar-refractivity contribution is -0.143.